The van der Waals surface area contributed by atoms with Crippen molar-refractivity contribution in [2.45, 2.75) is 6.04 Å². The predicted molar refractivity (Wildman–Crippen MR) is 52.1 cm³/mol. The van der Waals surface area contributed by atoms with Gasteiger partial charge in [-0.05, 0) is 22.0 Å². The molecule has 0 amide bonds. The van der Waals surface area contributed by atoms with Crippen LogP contribution < -0.4 is 10.6 Å². The van der Waals surface area contributed by atoms with Crippen LogP contribution in [0, 0.1) is 0 Å². The molecule has 0 aliphatic carbocycles. The first-order chi connectivity index (χ1) is 5.77. The van der Waals surface area contributed by atoms with Crippen LogP contribution in [0.1, 0.15) is 0 Å². The number of aromatic nitrogens is 1. The van der Waals surface area contributed by atoms with E-state index in [9.17, 15) is 0 Å². The SMILES string of the molecule is NC1CN(c2ccncc2Br)C1. The summed E-state index contributed by atoms with van der Waals surface area (Å²) in [6.07, 6.45) is 3.60. The van der Waals surface area contributed by atoms with E-state index in [1.165, 1.54) is 5.69 Å². The molecule has 1 aromatic rings. The molecule has 0 bridgehead atoms. The van der Waals surface area contributed by atoms with E-state index in [2.05, 4.69) is 25.8 Å². The van der Waals surface area contributed by atoms with Gasteiger partial charge in [0.05, 0.1) is 10.2 Å². The van der Waals surface area contributed by atoms with Crippen LogP contribution in [0.25, 0.3) is 0 Å². The number of nitrogens with zero attached hydrogens (tertiary/aromatic N) is 2. The lowest BCUT2D eigenvalue weighted by molar-refractivity contribution is 0.518. The fraction of sp³-hybridized carbons (Fsp3) is 0.375. The lowest BCUT2D eigenvalue weighted by atomic mass is 10.1. The third-order valence-electron chi connectivity index (χ3n) is 2.00. The van der Waals surface area contributed by atoms with Gasteiger partial charge in [0.15, 0.2) is 0 Å². The van der Waals surface area contributed by atoms with Gasteiger partial charge in [-0.25, -0.2) is 0 Å². The van der Waals surface area contributed by atoms with Gasteiger partial charge in [-0.1, -0.05) is 0 Å². The molecule has 2 rings (SSSR count). The number of anilines is 1. The molecule has 0 atom stereocenters. The van der Waals surface area contributed by atoms with E-state index >= 15 is 0 Å². The van der Waals surface area contributed by atoms with Crippen molar-refractivity contribution in [1.29, 1.82) is 0 Å². The Morgan fingerprint density at radius 1 is 1.58 bits per heavy atom. The van der Waals surface area contributed by atoms with Crippen LogP contribution in [0.4, 0.5) is 5.69 Å². The zero-order valence-corrected chi connectivity index (χ0v) is 8.16. The molecular formula is C8H10BrN3. The Morgan fingerprint density at radius 3 is 2.92 bits per heavy atom. The molecule has 1 fully saturated rings. The van der Waals surface area contributed by atoms with E-state index in [0.717, 1.165) is 17.6 Å². The molecule has 3 nitrogen and oxygen atoms in total. The predicted octanol–water partition coefficient (Wildman–Crippen LogP) is 0.991. The Labute approximate surface area is 79.7 Å². The molecular weight excluding hydrogens is 218 g/mol. The summed E-state index contributed by atoms with van der Waals surface area (Å²) in [6, 6.07) is 2.33. The average molecular weight is 228 g/mol. The summed E-state index contributed by atoms with van der Waals surface area (Å²) in [5.41, 5.74) is 6.87. The molecule has 2 heterocycles. The maximum absolute atomic E-state index is 5.68. The first-order valence-electron chi connectivity index (χ1n) is 3.87. The number of pyridine rings is 1. The molecule has 1 aliphatic heterocycles. The van der Waals surface area contributed by atoms with Gasteiger partial charge < -0.3 is 10.6 Å². The summed E-state index contributed by atoms with van der Waals surface area (Å²) in [5.74, 6) is 0. The molecule has 1 aliphatic rings. The first kappa shape index (κ1) is 8.01. The molecule has 64 valence electrons. The monoisotopic (exact) mass is 227 g/mol. The minimum absolute atomic E-state index is 0.338. The van der Waals surface area contributed by atoms with Crippen molar-refractivity contribution < 1.29 is 0 Å². The Kier molecular flexibility index (Phi) is 2.02. The van der Waals surface area contributed by atoms with Crippen LogP contribution in [0.2, 0.25) is 0 Å². The Morgan fingerprint density at radius 2 is 2.33 bits per heavy atom. The Hall–Kier alpha value is -0.610. The largest absolute Gasteiger partial charge is 0.367 e. The van der Waals surface area contributed by atoms with Gasteiger partial charge in [-0.15, -0.1) is 0 Å². The van der Waals surface area contributed by atoms with Gasteiger partial charge in [0.1, 0.15) is 0 Å². The Balaban J connectivity index is 2.18. The van der Waals surface area contributed by atoms with Gasteiger partial charge in [-0.2, -0.15) is 0 Å². The number of nitrogens with two attached hydrogens (primary N) is 1. The van der Waals surface area contributed by atoms with E-state index < -0.39 is 0 Å². The van der Waals surface area contributed by atoms with E-state index in [1.54, 1.807) is 12.4 Å². The number of hydrogen-bond donors (Lipinski definition) is 1. The van der Waals surface area contributed by atoms with Gasteiger partial charge in [0.25, 0.3) is 0 Å². The van der Waals surface area contributed by atoms with E-state index in [1.807, 2.05) is 6.07 Å². The molecule has 1 saturated heterocycles. The van der Waals surface area contributed by atoms with Gasteiger partial charge >= 0.3 is 0 Å². The summed E-state index contributed by atoms with van der Waals surface area (Å²) in [6.45, 7) is 1.89. The van der Waals surface area contributed by atoms with Crippen LogP contribution >= 0.6 is 15.9 Å². The zero-order valence-electron chi connectivity index (χ0n) is 6.57. The highest BCUT2D eigenvalue weighted by Crippen LogP contribution is 2.27. The molecule has 0 saturated carbocycles. The van der Waals surface area contributed by atoms with Crippen LogP contribution in [0.3, 0.4) is 0 Å². The van der Waals surface area contributed by atoms with Crippen LogP contribution in [-0.2, 0) is 0 Å². The van der Waals surface area contributed by atoms with Crippen molar-refractivity contribution >= 4 is 21.6 Å². The van der Waals surface area contributed by atoms with E-state index in [-0.39, 0.29) is 0 Å². The average Bonchev–Trinajstić information content (AvgIpc) is 2.01. The lowest BCUT2D eigenvalue weighted by Crippen LogP contribution is -2.56. The third-order valence-corrected chi connectivity index (χ3v) is 2.61. The Bertz CT molecular complexity index is 283. The fourth-order valence-corrected chi connectivity index (χ4v) is 1.83. The lowest BCUT2D eigenvalue weighted by Gasteiger charge is -2.39. The standard InChI is InChI=1S/C8H10BrN3/c9-7-3-11-2-1-8(7)12-4-6(10)5-12/h1-3,6H,4-5,10H2. The highest BCUT2D eigenvalue weighted by Gasteiger charge is 2.24. The van der Waals surface area contributed by atoms with Crippen molar-refractivity contribution in [1.82, 2.24) is 4.98 Å². The first-order valence-corrected chi connectivity index (χ1v) is 4.66. The molecule has 12 heavy (non-hydrogen) atoms. The zero-order chi connectivity index (χ0) is 8.55. The van der Waals surface area contributed by atoms with Gasteiger partial charge in [-0.3, -0.25) is 4.98 Å². The minimum Gasteiger partial charge on any atom is -0.367 e. The molecule has 0 unspecified atom stereocenters. The second kappa shape index (κ2) is 3.03. The van der Waals surface area contributed by atoms with Crippen LogP contribution in [-0.4, -0.2) is 24.1 Å². The number of hydrogen-bond acceptors (Lipinski definition) is 3. The summed E-state index contributed by atoms with van der Waals surface area (Å²) in [5, 5.41) is 0. The number of halogens is 1. The second-order valence-electron chi connectivity index (χ2n) is 2.99. The van der Waals surface area contributed by atoms with Crippen molar-refractivity contribution in [3.63, 3.8) is 0 Å². The molecule has 1 aromatic heterocycles. The van der Waals surface area contributed by atoms with Crippen molar-refractivity contribution in [2.24, 2.45) is 5.73 Å². The topological polar surface area (TPSA) is 42.1 Å². The molecule has 0 aromatic carbocycles. The highest BCUT2D eigenvalue weighted by atomic mass is 79.9. The molecule has 4 heteroatoms. The normalized spacial score (nSPS) is 17.7. The second-order valence-corrected chi connectivity index (χ2v) is 3.85. The molecule has 2 N–H and O–H groups in total. The smallest absolute Gasteiger partial charge is 0.0592 e. The van der Waals surface area contributed by atoms with Crippen LogP contribution in [0.5, 0.6) is 0 Å². The van der Waals surface area contributed by atoms with E-state index in [0.29, 0.717) is 6.04 Å². The minimum atomic E-state index is 0.338. The van der Waals surface area contributed by atoms with Crippen molar-refractivity contribution in [3.8, 4) is 0 Å². The van der Waals surface area contributed by atoms with Crippen molar-refractivity contribution in [3.05, 3.63) is 22.9 Å². The van der Waals surface area contributed by atoms with E-state index in [4.69, 9.17) is 5.73 Å². The maximum Gasteiger partial charge on any atom is 0.0592 e. The summed E-state index contributed by atoms with van der Waals surface area (Å²) < 4.78 is 1.04. The van der Waals surface area contributed by atoms with Gasteiger partial charge in [0, 0.05) is 31.5 Å². The van der Waals surface area contributed by atoms with Crippen molar-refractivity contribution in [2.75, 3.05) is 18.0 Å². The van der Waals surface area contributed by atoms with Gasteiger partial charge in [0.2, 0.25) is 0 Å². The third kappa shape index (κ3) is 1.32. The summed E-state index contributed by atoms with van der Waals surface area (Å²) in [4.78, 5) is 6.23. The maximum atomic E-state index is 5.68. The number of rotatable bonds is 1. The summed E-state index contributed by atoms with van der Waals surface area (Å²) >= 11 is 3.45. The van der Waals surface area contributed by atoms with Crippen LogP contribution in [0.15, 0.2) is 22.9 Å². The highest BCUT2D eigenvalue weighted by molar-refractivity contribution is 9.10. The summed E-state index contributed by atoms with van der Waals surface area (Å²) in [7, 11) is 0. The quantitative estimate of drug-likeness (QED) is 0.779. The fourth-order valence-electron chi connectivity index (χ4n) is 1.33. The molecule has 0 spiro atoms. The molecule has 0 radical (unpaired) electrons.